The molecule has 0 saturated heterocycles. The number of carbonyl (C=O) groups is 3. The third kappa shape index (κ3) is 3.89. The number of ether oxygens (including phenoxy) is 1. The molecule has 1 aromatic carbocycles. The van der Waals surface area contributed by atoms with Gasteiger partial charge in [-0.3, -0.25) is 14.4 Å². The molecular formula is C23H28N2O4. The molecule has 4 bridgehead atoms. The summed E-state index contributed by atoms with van der Waals surface area (Å²) in [6.45, 7) is -0.279. The molecule has 0 spiro atoms. The van der Waals surface area contributed by atoms with Crippen molar-refractivity contribution in [1.82, 2.24) is 5.32 Å². The van der Waals surface area contributed by atoms with Crippen molar-refractivity contribution in [2.75, 3.05) is 11.9 Å². The lowest BCUT2D eigenvalue weighted by Gasteiger charge is -2.55. The summed E-state index contributed by atoms with van der Waals surface area (Å²) in [4.78, 5) is 37.3. The highest BCUT2D eigenvalue weighted by Gasteiger charge is 2.55. The van der Waals surface area contributed by atoms with E-state index < -0.39 is 0 Å². The Hall–Kier alpha value is -2.37. The van der Waals surface area contributed by atoms with Crippen molar-refractivity contribution in [2.24, 2.45) is 23.2 Å². The minimum absolute atomic E-state index is 0.128. The Morgan fingerprint density at radius 1 is 1.00 bits per heavy atom. The summed E-state index contributed by atoms with van der Waals surface area (Å²) in [6.07, 6.45) is 8.62. The lowest BCUT2D eigenvalue weighted by molar-refractivity contribution is -0.172. The van der Waals surface area contributed by atoms with Crippen molar-refractivity contribution in [3.8, 4) is 0 Å². The summed E-state index contributed by atoms with van der Waals surface area (Å²) >= 11 is 0. The van der Waals surface area contributed by atoms with Gasteiger partial charge in [-0.2, -0.15) is 0 Å². The maximum atomic E-state index is 12.9. The number of esters is 1. The van der Waals surface area contributed by atoms with Crippen LogP contribution in [0, 0.1) is 23.2 Å². The fourth-order valence-electron chi connectivity index (χ4n) is 6.08. The topological polar surface area (TPSA) is 84.5 Å². The highest BCUT2D eigenvalue weighted by Crippen LogP contribution is 2.60. The molecule has 6 nitrogen and oxygen atoms in total. The first-order valence-electron chi connectivity index (χ1n) is 10.9. The van der Waals surface area contributed by atoms with Gasteiger partial charge in [0.1, 0.15) is 0 Å². The van der Waals surface area contributed by atoms with Crippen LogP contribution in [0.5, 0.6) is 0 Å². The molecule has 29 heavy (non-hydrogen) atoms. The van der Waals surface area contributed by atoms with E-state index in [-0.39, 0.29) is 35.8 Å². The van der Waals surface area contributed by atoms with Crippen molar-refractivity contribution in [2.45, 2.75) is 57.4 Å². The Balaban J connectivity index is 1.15. The van der Waals surface area contributed by atoms with Crippen LogP contribution in [-0.4, -0.2) is 30.4 Å². The highest BCUT2D eigenvalue weighted by atomic mass is 16.5. The minimum Gasteiger partial charge on any atom is -0.455 e. The second kappa shape index (κ2) is 7.15. The van der Waals surface area contributed by atoms with E-state index in [4.69, 9.17) is 4.74 Å². The van der Waals surface area contributed by atoms with Crippen molar-refractivity contribution >= 4 is 23.5 Å². The average molecular weight is 396 g/mol. The van der Waals surface area contributed by atoms with Crippen LogP contribution in [0.2, 0.25) is 0 Å². The Morgan fingerprint density at radius 2 is 1.66 bits per heavy atom. The first-order chi connectivity index (χ1) is 14.0. The van der Waals surface area contributed by atoms with E-state index in [2.05, 4.69) is 10.6 Å². The zero-order chi connectivity index (χ0) is 20.0. The van der Waals surface area contributed by atoms with Gasteiger partial charge < -0.3 is 15.4 Å². The van der Waals surface area contributed by atoms with Gasteiger partial charge in [0, 0.05) is 17.3 Å². The summed E-state index contributed by atoms with van der Waals surface area (Å²) in [5, 5.41) is 5.67. The van der Waals surface area contributed by atoms with Gasteiger partial charge in [0.05, 0.1) is 5.41 Å². The van der Waals surface area contributed by atoms with Crippen LogP contribution >= 0.6 is 0 Å². The van der Waals surface area contributed by atoms with E-state index in [1.165, 1.54) is 19.3 Å². The molecule has 0 unspecified atom stereocenters. The maximum Gasteiger partial charge on any atom is 0.312 e. The standard InChI is InChI=1S/C23H28N2O4/c26-20(24-19-3-1-2-17(9-19)21(27)25-18-4-5-18)13-29-22(28)23-10-14-6-15(11-23)8-16(7-14)12-23/h1-3,9,14-16,18H,4-8,10-13H2,(H,24,26)(H,25,27). The number of amides is 2. The van der Waals surface area contributed by atoms with Crippen LogP contribution in [0.1, 0.15) is 61.7 Å². The summed E-state index contributed by atoms with van der Waals surface area (Å²) in [7, 11) is 0. The van der Waals surface area contributed by atoms with Gasteiger partial charge in [-0.05, 0) is 87.3 Å². The number of hydrogen-bond acceptors (Lipinski definition) is 4. The largest absolute Gasteiger partial charge is 0.455 e. The van der Waals surface area contributed by atoms with Crippen LogP contribution in [0.3, 0.4) is 0 Å². The molecule has 1 aromatic rings. The first-order valence-corrected chi connectivity index (χ1v) is 10.9. The van der Waals surface area contributed by atoms with Gasteiger partial charge in [0.2, 0.25) is 0 Å². The molecule has 0 aliphatic heterocycles. The molecular weight excluding hydrogens is 368 g/mol. The predicted molar refractivity (Wildman–Crippen MR) is 107 cm³/mol. The molecule has 6 heteroatoms. The van der Waals surface area contributed by atoms with Gasteiger partial charge >= 0.3 is 5.97 Å². The van der Waals surface area contributed by atoms with Crippen LogP contribution in [-0.2, 0) is 14.3 Å². The molecule has 0 heterocycles. The number of rotatable bonds is 6. The summed E-state index contributed by atoms with van der Waals surface area (Å²) in [5.74, 6) is 1.29. The molecule has 0 radical (unpaired) electrons. The molecule has 0 aromatic heterocycles. The Labute approximate surface area is 170 Å². The van der Waals surface area contributed by atoms with Gasteiger partial charge in [-0.25, -0.2) is 0 Å². The van der Waals surface area contributed by atoms with E-state index in [1.807, 2.05) is 0 Å². The van der Waals surface area contributed by atoms with E-state index in [0.717, 1.165) is 32.1 Å². The molecule has 6 rings (SSSR count). The minimum atomic E-state index is -0.372. The molecule has 5 saturated carbocycles. The normalized spacial score (nSPS) is 31.9. The van der Waals surface area contributed by atoms with Crippen molar-refractivity contribution < 1.29 is 19.1 Å². The Kier molecular flexibility index (Phi) is 4.60. The second-order valence-corrected chi connectivity index (χ2v) is 9.65. The van der Waals surface area contributed by atoms with E-state index in [9.17, 15) is 14.4 Å². The quantitative estimate of drug-likeness (QED) is 0.723. The van der Waals surface area contributed by atoms with Crippen molar-refractivity contribution in [3.63, 3.8) is 0 Å². The van der Waals surface area contributed by atoms with Gasteiger partial charge in [0.25, 0.3) is 11.8 Å². The first kappa shape index (κ1) is 18.6. The van der Waals surface area contributed by atoms with Gasteiger partial charge in [-0.15, -0.1) is 0 Å². The molecule has 2 amide bonds. The Morgan fingerprint density at radius 3 is 2.28 bits per heavy atom. The zero-order valence-electron chi connectivity index (χ0n) is 16.6. The maximum absolute atomic E-state index is 12.9. The highest BCUT2D eigenvalue weighted by molar-refractivity contribution is 5.98. The van der Waals surface area contributed by atoms with Crippen LogP contribution in [0.25, 0.3) is 0 Å². The summed E-state index contributed by atoms with van der Waals surface area (Å²) in [6, 6.07) is 7.12. The van der Waals surface area contributed by atoms with E-state index >= 15 is 0 Å². The predicted octanol–water partition coefficient (Wildman–Crippen LogP) is 3.28. The smallest absolute Gasteiger partial charge is 0.312 e. The van der Waals surface area contributed by atoms with Gasteiger partial charge in [-0.1, -0.05) is 6.07 Å². The monoisotopic (exact) mass is 396 g/mol. The van der Waals surface area contributed by atoms with Crippen LogP contribution in [0.4, 0.5) is 5.69 Å². The van der Waals surface area contributed by atoms with Crippen LogP contribution < -0.4 is 10.6 Å². The fourth-order valence-corrected chi connectivity index (χ4v) is 6.08. The molecule has 5 aliphatic rings. The second-order valence-electron chi connectivity index (χ2n) is 9.65. The van der Waals surface area contributed by atoms with Crippen molar-refractivity contribution in [1.29, 1.82) is 0 Å². The SMILES string of the molecule is O=C(COC(=O)C12CC3CC(CC(C3)C1)C2)Nc1cccc(C(=O)NC2CC2)c1. The van der Waals surface area contributed by atoms with Crippen molar-refractivity contribution in [3.05, 3.63) is 29.8 Å². The fraction of sp³-hybridized carbons (Fsp3) is 0.609. The lowest BCUT2D eigenvalue weighted by Crippen LogP contribution is -2.50. The number of anilines is 1. The number of benzene rings is 1. The summed E-state index contributed by atoms with van der Waals surface area (Å²) < 4.78 is 5.47. The van der Waals surface area contributed by atoms with Crippen LogP contribution in [0.15, 0.2) is 24.3 Å². The molecule has 154 valence electrons. The molecule has 0 atom stereocenters. The number of carbonyl (C=O) groups excluding carboxylic acids is 3. The van der Waals surface area contributed by atoms with Gasteiger partial charge in [0.15, 0.2) is 6.61 Å². The third-order valence-corrected chi connectivity index (χ3v) is 7.13. The zero-order valence-corrected chi connectivity index (χ0v) is 16.6. The number of hydrogen-bond donors (Lipinski definition) is 2. The molecule has 2 N–H and O–H groups in total. The summed E-state index contributed by atoms with van der Waals surface area (Å²) in [5.41, 5.74) is 0.695. The average Bonchev–Trinajstić information content (AvgIpc) is 3.49. The molecule has 5 fully saturated rings. The molecule has 5 aliphatic carbocycles. The van der Waals surface area contributed by atoms with E-state index in [1.54, 1.807) is 24.3 Å². The lowest BCUT2D eigenvalue weighted by atomic mass is 9.49. The van der Waals surface area contributed by atoms with E-state index in [0.29, 0.717) is 29.0 Å². The number of nitrogens with one attached hydrogen (secondary N) is 2. The third-order valence-electron chi connectivity index (χ3n) is 7.13. The Bertz CT molecular complexity index is 810.